The van der Waals surface area contributed by atoms with Crippen LogP contribution in [0.3, 0.4) is 0 Å². The van der Waals surface area contributed by atoms with E-state index in [4.69, 9.17) is 0 Å². The number of aryl methyl sites for hydroxylation is 1. The van der Waals surface area contributed by atoms with Gasteiger partial charge in [0, 0.05) is 29.4 Å². The number of carbonyl (C=O) groups excluding carboxylic acids is 1. The highest BCUT2D eigenvalue weighted by atomic mass is 32.1. The molecule has 0 saturated carbocycles. The summed E-state index contributed by atoms with van der Waals surface area (Å²) < 4.78 is 0. The van der Waals surface area contributed by atoms with Crippen LogP contribution in [0.1, 0.15) is 35.0 Å². The molecule has 0 unspecified atom stereocenters. The molecule has 1 aliphatic rings. The fourth-order valence-corrected chi connectivity index (χ4v) is 4.46. The van der Waals surface area contributed by atoms with Gasteiger partial charge in [-0.25, -0.2) is 0 Å². The van der Waals surface area contributed by atoms with Crippen molar-refractivity contribution in [1.82, 2.24) is 15.2 Å². The summed E-state index contributed by atoms with van der Waals surface area (Å²) in [6, 6.07) is 8.67. The van der Waals surface area contributed by atoms with Crippen molar-refractivity contribution in [2.75, 3.05) is 20.1 Å². The third-order valence-corrected chi connectivity index (χ3v) is 5.68. The lowest BCUT2D eigenvalue weighted by Gasteiger charge is -2.38. The third kappa shape index (κ3) is 4.22. The molecule has 1 amide bonds. The average Bonchev–Trinajstić information content (AvgIpc) is 3.09. The van der Waals surface area contributed by atoms with Gasteiger partial charge in [-0.15, -0.1) is 11.3 Å². The molecular weight excluding hydrogens is 318 g/mol. The fraction of sp³-hybridized carbons (Fsp3) is 0.474. The highest BCUT2D eigenvalue weighted by Gasteiger charge is 2.31. The minimum Gasteiger partial charge on any atom is -0.355 e. The van der Waals surface area contributed by atoms with E-state index in [1.54, 1.807) is 6.20 Å². The number of hydrogen-bond donors (Lipinski definition) is 1. The molecule has 0 bridgehead atoms. The van der Waals surface area contributed by atoms with Gasteiger partial charge in [0.05, 0.1) is 6.42 Å². The number of nitrogens with zero attached hydrogens (tertiary/aromatic N) is 2. The van der Waals surface area contributed by atoms with Gasteiger partial charge in [-0.2, -0.15) is 0 Å². The number of likely N-dealkylation sites (tertiary alicyclic amines) is 1. The Balaban J connectivity index is 1.57. The van der Waals surface area contributed by atoms with Crippen molar-refractivity contribution in [3.63, 3.8) is 0 Å². The van der Waals surface area contributed by atoms with Gasteiger partial charge in [0.2, 0.25) is 5.91 Å². The Labute approximate surface area is 147 Å². The molecule has 1 aliphatic heterocycles. The maximum absolute atomic E-state index is 12.3. The summed E-state index contributed by atoms with van der Waals surface area (Å²) in [5.41, 5.74) is 1.94. The monoisotopic (exact) mass is 343 g/mol. The van der Waals surface area contributed by atoms with Gasteiger partial charge in [-0.1, -0.05) is 12.1 Å². The number of nitrogens with one attached hydrogen (secondary N) is 1. The first kappa shape index (κ1) is 17.1. The number of rotatable bonds is 5. The van der Waals surface area contributed by atoms with Gasteiger partial charge < -0.3 is 5.32 Å². The fourth-order valence-electron chi connectivity index (χ4n) is 3.48. The maximum Gasteiger partial charge on any atom is 0.224 e. The Morgan fingerprint density at radius 2 is 2.29 bits per heavy atom. The van der Waals surface area contributed by atoms with E-state index >= 15 is 0 Å². The quantitative estimate of drug-likeness (QED) is 0.907. The molecule has 2 atom stereocenters. The van der Waals surface area contributed by atoms with E-state index < -0.39 is 0 Å². The maximum atomic E-state index is 12.3. The standard InChI is InChI=1S/C19H25N3OS/c1-14-7-8-15(12-20-14)11-18(23)21-13-16-5-3-9-22(2)19(16)17-6-4-10-24-17/h4,6-8,10,12,16,19H,3,5,9,11,13H2,1-2H3,(H,21,23)/t16-,19+/m1/s1. The van der Waals surface area contributed by atoms with Crippen molar-refractivity contribution in [1.29, 1.82) is 0 Å². The molecular formula is C19H25N3OS. The number of amides is 1. The molecule has 24 heavy (non-hydrogen) atoms. The molecule has 0 spiro atoms. The molecule has 2 aromatic rings. The zero-order valence-electron chi connectivity index (χ0n) is 14.4. The van der Waals surface area contributed by atoms with Crippen LogP contribution in [0.5, 0.6) is 0 Å². The normalized spacial score (nSPS) is 21.6. The lowest BCUT2D eigenvalue weighted by atomic mass is 9.88. The first-order valence-corrected chi connectivity index (χ1v) is 9.43. The van der Waals surface area contributed by atoms with E-state index in [0.29, 0.717) is 18.4 Å². The van der Waals surface area contributed by atoms with Crippen LogP contribution in [0.2, 0.25) is 0 Å². The average molecular weight is 343 g/mol. The third-order valence-electron chi connectivity index (χ3n) is 4.74. The Morgan fingerprint density at radius 3 is 3.00 bits per heavy atom. The predicted octanol–water partition coefficient (Wildman–Crippen LogP) is 3.19. The van der Waals surface area contributed by atoms with Gasteiger partial charge >= 0.3 is 0 Å². The van der Waals surface area contributed by atoms with Crippen LogP contribution in [0.15, 0.2) is 35.8 Å². The number of hydrogen-bond acceptors (Lipinski definition) is 4. The lowest BCUT2D eigenvalue weighted by molar-refractivity contribution is -0.120. The summed E-state index contributed by atoms with van der Waals surface area (Å²) in [6.45, 7) is 3.82. The SMILES string of the molecule is Cc1ccc(CC(=O)NC[C@H]2CCCN(C)[C@@H]2c2cccs2)cn1. The molecule has 3 rings (SSSR count). The summed E-state index contributed by atoms with van der Waals surface area (Å²) in [4.78, 5) is 20.3. The van der Waals surface area contributed by atoms with Gasteiger partial charge in [0.1, 0.15) is 0 Å². The second-order valence-electron chi connectivity index (χ2n) is 6.63. The number of piperidine rings is 1. The largest absolute Gasteiger partial charge is 0.355 e. The van der Waals surface area contributed by atoms with E-state index in [0.717, 1.165) is 24.3 Å². The van der Waals surface area contributed by atoms with E-state index in [1.165, 1.54) is 17.7 Å². The smallest absolute Gasteiger partial charge is 0.224 e. The zero-order valence-corrected chi connectivity index (χ0v) is 15.2. The molecule has 2 aromatic heterocycles. The van der Waals surface area contributed by atoms with Crippen molar-refractivity contribution in [2.24, 2.45) is 5.92 Å². The van der Waals surface area contributed by atoms with Crippen LogP contribution in [0, 0.1) is 12.8 Å². The Kier molecular flexibility index (Phi) is 5.63. The Morgan fingerprint density at radius 1 is 1.42 bits per heavy atom. The molecule has 128 valence electrons. The molecule has 1 saturated heterocycles. The summed E-state index contributed by atoms with van der Waals surface area (Å²) >= 11 is 1.81. The van der Waals surface area contributed by atoms with Gasteiger partial charge in [-0.3, -0.25) is 14.7 Å². The highest BCUT2D eigenvalue weighted by molar-refractivity contribution is 7.10. The summed E-state index contributed by atoms with van der Waals surface area (Å²) in [5.74, 6) is 0.557. The molecule has 0 radical (unpaired) electrons. The highest BCUT2D eigenvalue weighted by Crippen LogP contribution is 2.36. The second-order valence-corrected chi connectivity index (χ2v) is 7.61. The van der Waals surface area contributed by atoms with Gasteiger partial charge in [0.15, 0.2) is 0 Å². The Bertz CT molecular complexity index is 654. The van der Waals surface area contributed by atoms with Crippen LogP contribution in [-0.4, -0.2) is 35.9 Å². The molecule has 0 aliphatic carbocycles. The van der Waals surface area contributed by atoms with Crippen molar-refractivity contribution in [3.8, 4) is 0 Å². The van der Waals surface area contributed by atoms with Crippen LogP contribution >= 0.6 is 11.3 Å². The number of thiophene rings is 1. The lowest BCUT2D eigenvalue weighted by Crippen LogP contribution is -2.41. The predicted molar refractivity (Wildman–Crippen MR) is 98.1 cm³/mol. The van der Waals surface area contributed by atoms with E-state index in [9.17, 15) is 4.79 Å². The molecule has 1 fully saturated rings. The minimum atomic E-state index is 0.0822. The molecule has 5 heteroatoms. The van der Waals surface area contributed by atoms with E-state index in [2.05, 4.69) is 39.8 Å². The minimum absolute atomic E-state index is 0.0822. The number of aromatic nitrogens is 1. The summed E-state index contributed by atoms with van der Waals surface area (Å²) in [5, 5.41) is 5.28. The van der Waals surface area contributed by atoms with Gasteiger partial charge in [-0.05, 0) is 62.4 Å². The zero-order chi connectivity index (χ0) is 16.9. The second kappa shape index (κ2) is 7.90. The molecule has 1 N–H and O–H groups in total. The summed E-state index contributed by atoms with van der Waals surface area (Å²) in [7, 11) is 2.19. The Hall–Kier alpha value is -1.72. The van der Waals surface area contributed by atoms with Crippen molar-refractivity contribution >= 4 is 17.2 Å². The van der Waals surface area contributed by atoms with Gasteiger partial charge in [0.25, 0.3) is 0 Å². The van der Waals surface area contributed by atoms with E-state index in [-0.39, 0.29) is 5.91 Å². The number of pyridine rings is 1. The van der Waals surface area contributed by atoms with Crippen molar-refractivity contribution in [3.05, 3.63) is 52.0 Å². The van der Waals surface area contributed by atoms with Crippen LogP contribution in [-0.2, 0) is 11.2 Å². The van der Waals surface area contributed by atoms with Crippen molar-refractivity contribution < 1.29 is 4.79 Å². The van der Waals surface area contributed by atoms with Crippen LogP contribution in [0.4, 0.5) is 0 Å². The first-order chi connectivity index (χ1) is 11.6. The molecule has 4 nitrogen and oxygen atoms in total. The van der Waals surface area contributed by atoms with Crippen LogP contribution in [0.25, 0.3) is 0 Å². The molecule has 3 heterocycles. The molecule has 0 aromatic carbocycles. The van der Waals surface area contributed by atoms with Crippen molar-refractivity contribution in [2.45, 2.75) is 32.2 Å². The first-order valence-electron chi connectivity index (χ1n) is 8.55. The van der Waals surface area contributed by atoms with Crippen LogP contribution < -0.4 is 5.32 Å². The summed E-state index contributed by atoms with van der Waals surface area (Å²) in [6.07, 6.45) is 4.55. The number of carbonyl (C=O) groups is 1. The topological polar surface area (TPSA) is 45.2 Å². The van der Waals surface area contributed by atoms with E-state index in [1.807, 2.05) is 30.4 Å².